The molecule has 2 aliphatic rings. The van der Waals surface area contributed by atoms with Crippen LogP contribution >= 0.6 is 11.6 Å². The Hall–Kier alpha value is -3.17. The lowest BCUT2D eigenvalue weighted by Gasteiger charge is -2.41. The first-order chi connectivity index (χ1) is 17.6. The van der Waals surface area contributed by atoms with Crippen molar-refractivity contribution in [1.29, 1.82) is 0 Å². The van der Waals surface area contributed by atoms with Gasteiger partial charge in [0.2, 0.25) is 0 Å². The number of hydrogen-bond acceptors (Lipinski definition) is 6. The van der Waals surface area contributed by atoms with E-state index in [9.17, 15) is 18.0 Å². The van der Waals surface area contributed by atoms with Crippen LogP contribution in [0.1, 0.15) is 25.0 Å². The second-order valence-electron chi connectivity index (χ2n) is 9.80. The van der Waals surface area contributed by atoms with Crippen molar-refractivity contribution in [2.75, 3.05) is 37.3 Å². The summed E-state index contributed by atoms with van der Waals surface area (Å²) in [6.45, 7) is 3.29. The molecule has 5 rings (SSSR count). The fraction of sp³-hybridized carbons (Fsp3) is 0.370. The monoisotopic (exact) mass is 540 g/mol. The van der Waals surface area contributed by atoms with Gasteiger partial charge in [0.05, 0.1) is 10.6 Å². The van der Waals surface area contributed by atoms with Gasteiger partial charge in [-0.1, -0.05) is 23.7 Å². The Balaban J connectivity index is 1.24. The summed E-state index contributed by atoms with van der Waals surface area (Å²) in [6, 6.07) is 13.8. The number of nitrogens with zero attached hydrogens (tertiary/aromatic N) is 4. The fourth-order valence-corrected chi connectivity index (χ4v) is 6.88. The maximum Gasteiger partial charge on any atom is 0.327 e. The molecule has 1 aromatic heterocycles. The van der Waals surface area contributed by atoms with Gasteiger partial charge < -0.3 is 9.80 Å². The number of carbonyl (C=O) groups is 2. The van der Waals surface area contributed by atoms with Gasteiger partial charge >= 0.3 is 6.03 Å². The van der Waals surface area contributed by atoms with E-state index in [4.69, 9.17) is 11.6 Å². The molecule has 3 heterocycles. The van der Waals surface area contributed by atoms with Crippen LogP contribution in [0, 0.1) is 6.92 Å². The predicted molar refractivity (Wildman–Crippen MR) is 144 cm³/mol. The number of aryl methyl sites for hydroxylation is 1. The number of piperidine rings is 1. The van der Waals surface area contributed by atoms with Crippen molar-refractivity contribution in [3.63, 3.8) is 0 Å². The van der Waals surface area contributed by atoms with Crippen LogP contribution in [0.3, 0.4) is 0 Å². The van der Waals surface area contributed by atoms with Gasteiger partial charge in [-0.3, -0.25) is 14.7 Å². The molecule has 0 atom stereocenters. The first-order valence-electron chi connectivity index (χ1n) is 12.3. The number of aromatic nitrogens is 1. The van der Waals surface area contributed by atoms with Crippen molar-refractivity contribution in [2.24, 2.45) is 0 Å². The molecule has 2 saturated heterocycles. The number of halogens is 1. The highest BCUT2D eigenvalue weighted by Gasteiger charge is 2.56. The minimum absolute atomic E-state index is 0.0689. The van der Waals surface area contributed by atoms with Crippen LogP contribution in [0.2, 0.25) is 5.02 Å². The van der Waals surface area contributed by atoms with E-state index in [0.29, 0.717) is 31.0 Å². The highest BCUT2D eigenvalue weighted by Crippen LogP contribution is 2.37. The smallest absolute Gasteiger partial charge is 0.327 e. The lowest BCUT2D eigenvalue weighted by atomic mass is 9.86. The van der Waals surface area contributed by atoms with Crippen molar-refractivity contribution in [3.05, 3.63) is 65.4 Å². The minimum Gasteiger partial charge on any atom is -0.371 e. The number of anilines is 1. The number of pyridine rings is 1. The summed E-state index contributed by atoms with van der Waals surface area (Å²) in [5, 5.41) is 2.23. The molecule has 0 N–H and O–H groups in total. The van der Waals surface area contributed by atoms with E-state index in [0.717, 1.165) is 22.2 Å². The molecule has 194 valence electrons. The highest BCUT2D eigenvalue weighted by molar-refractivity contribution is 7.91. The predicted octanol–water partition coefficient (Wildman–Crippen LogP) is 4.29. The van der Waals surface area contributed by atoms with Crippen LogP contribution in [0.25, 0.3) is 10.8 Å². The van der Waals surface area contributed by atoms with Gasteiger partial charge in [-0.25, -0.2) is 13.2 Å². The van der Waals surface area contributed by atoms with E-state index in [1.807, 2.05) is 19.1 Å². The van der Waals surface area contributed by atoms with Gasteiger partial charge in [0, 0.05) is 49.3 Å². The molecule has 37 heavy (non-hydrogen) atoms. The van der Waals surface area contributed by atoms with E-state index in [1.54, 1.807) is 54.5 Å². The Morgan fingerprint density at radius 1 is 1.00 bits per heavy atom. The Morgan fingerprint density at radius 2 is 1.70 bits per heavy atom. The average Bonchev–Trinajstić information content (AvgIpc) is 3.05. The molecule has 3 aromatic rings. The van der Waals surface area contributed by atoms with E-state index < -0.39 is 15.4 Å². The van der Waals surface area contributed by atoms with Gasteiger partial charge in [-0.15, -0.1) is 0 Å². The number of hydrogen-bond donors (Lipinski definition) is 0. The third-order valence-electron chi connectivity index (χ3n) is 7.57. The van der Waals surface area contributed by atoms with Crippen LogP contribution in [0.4, 0.5) is 10.5 Å². The normalized spacial score (nSPS) is 17.9. The van der Waals surface area contributed by atoms with Crippen LogP contribution in [-0.2, 0) is 14.6 Å². The number of fused-ring (bicyclic) bond motifs is 1. The van der Waals surface area contributed by atoms with Gasteiger partial charge in [0.15, 0.2) is 9.84 Å². The number of rotatable bonds is 6. The van der Waals surface area contributed by atoms with Gasteiger partial charge in [-0.2, -0.15) is 0 Å². The number of imide groups is 1. The molecular weight excluding hydrogens is 512 g/mol. The highest BCUT2D eigenvalue weighted by atomic mass is 35.5. The van der Waals surface area contributed by atoms with Crippen molar-refractivity contribution in [1.82, 2.24) is 14.8 Å². The number of carbonyl (C=O) groups excluding carboxylic acids is 2. The SMILES string of the molecule is Cc1cc(N2CCC3(CC2)C(=O)N(CCCS(=O)(=O)c2ccc4cc(Cl)ccc4c2)C(=O)N3C)ccn1. The van der Waals surface area contributed by atoms with Crippen molar-refractivity contribution >= 4 is 49.8 Å². The first kappa shape index (κ1) is 25.5. The molecule has 0 aliphatic carbocycles. The molecule has 2 fully saturated rings. The van der Waals surface area contributed by atoms with Gasteiger partial charge in [0.25, 0.3) is 5.91 Å². The quantitative estimate of drug-likeness (QED) is 0.433. The number of urea groups is 1. The van der Waals surface area contributed by atoms with Crippen LogP contribution < -0.4 is 4.90 Å². The number of amides is 3. The van der Waals surface area contributed by atoms with Gasteiger partial charge in [0.1, 0.15) is 5.54 Å². The standard InChI is InChI=1S/C27H29ClN4O4S/c1-19-16-23(8-11-29-19)31-13-9-27(10-14-31)25(33)32(26(34)30(27)2)12-3-15-37(35,36)24-7-5-20-17-22(28)6-4-21(20)18-24/h4-8,11,16-18H,3,9-10,12-15H2,1-2H3. The zero-order valence-corrected chi connectivity index (χ0v) is 22.4. The van der Waals surface area contributed by atoms with Crippen molar-refractivity contribution in [2.45, 2.75) is 36.6 Å². The molecule has 0 radical (unpaired) electrons. The molecule has 0 bridgehead atoms. The molecule has 0 unspecified atom stereocenters. The molecule has 2 aliphatic heterocycles. The third kappa shape index (κ3) is 4.66. The number of likely N-dealkylation sites (N-methyl/N-ethyl adjacent to an activating group) is 1. The summed E-state index contributed by atoms with van der Waals surface area (Å²) in [6.07, 6.45) is 2.98. The van der Waals surface area contributed by atoms with Crippen molar-refractivity contribution in [3.8, 4) is 0 Å². The van der Waals surface area contributed by atoms with Crippen molar-refractivity contribution < 1.29 is 18.0 Å². The van der Waals surface area contributed by atoms with E-state index in [1.165, 1.54) is 4.90 Å². The Kier molecular flexibility index (Phi) is 6.62. The van der Waals surface area contributed by atoms with Gasteiger partial charge in [-0.05, 0) is 73.4 Å². The topological polar surface area (TPSA) is 90.9 Å². The molecular formula is C27H29ClN4O4S. The molecule has 1 spiro atoms. The summed E-state index contributed by atoms with van der Waals surface area (Å²) >= 11 is 6.02. The van der Waals surface area contributed by atoms with E-state index in [2.05, 4.69) is 9.88 Å². The Morgan fingerprint density at radius 3 is 2.43 bits per heavy atom. The molecule has 3 amide bonds. The zero-order chi connectivity index (χ0) is 26.4. The third-order valence-corrected chi connectivity index (χ3v) is 9.60. The second kappa shape index (κ2) is 9.61. The second-order valence-corrected chi connectivity index (χ2v) is 12.3. The summed E-state index contributed by atoms with van der Waals surface area (Å²) in [5.74, 6) is -0.389. The average molecular weight is 541 g/mol. The Bertz CT molecular complexity index is 1480. The maximum atomic E-state index is 13.5. The summed E-state index contributed by atoms with van der Waals surface area (Å²) in [5.41, 5.74) is 1.10. The molecule has 10 heteroatoms. The Labute approximate surface area is 221 Å². The summed E-state index contributed by atoms with van der Waals surface area (Å²) in [4.78, 5) is 35.9. The van der Waals surface area contributed by atoms with Crippen LogP contribution in [-0.4, -0.2) is 73.1 Å². The lowest BCUT2D eigenvalue weighted by molar-refractivity contribution is -0.134. The minimum atomic E-state index is -3.58. The van der Waals surface area contributed by atoms with E-state index >= 15 is 0 Å². The number of sulfone groups is 1. The fourth-order valence-electron chi connectivity index (χ4n) is 5.37. The van der Waals surface area contributed by atoms with E-state index in [-0.39, 0.29) is 35.6 Å². The van der Waals surface area contributed by atoms with Crippen LogP contribution in [0.15, 0.2) is 59.6 Å². The van der Waals surface area contributed by atoms with Crippen LogP contribution in [0.5, 0.6) is 0 Å². The maximum absolute atomic E-state index is 13.5. The largest absolute Gasteiger partial charge is 0.371 e. The lowest BCUT2D eigenvalue weighted by Crippen LogP contribution is -2.55. The number of benzene rings is 2. The summed E-state index contributed by atoms with van der Waals surface area (Å²) in [7, 11) is -1.91. The molecule has 0 saturated carbocycles. The first-order valence-corrected chi connectivity index (χ1v) is 14.3. The molecule has 8 nitrogen and oxygen atoms in total. The zero-order valence-electron chi connectivity index (χ0n) is 20.9. The summed E-state index contributed by atoms with van der Waals surface area (Å²) < 4.78 is 26.0. The molecule has 2 aromatic carbocycles.